The van der Waals surface area contributed by atoms with Gasteiger partial charge in [0.05, 0.1) is 33.5 Å². The van der Waals surface area contributed by atoms with E-state index in [0.29, 0.717) is 10.7 Å². The average molecular weight is 581 g/mol. The highest BCUT2D eigenvalue weighted by Crippen LogP contribution is 2.63. The lowest BCUT2D eigenvalue weighted by Gasteiger charge is -2.52. The summed E-state index contributed by atoms with van der Waals surface area (Å²) in [6.07, 6.45) is 1.60. The fourth-order valence-electron chi connectivity index (χ4n) is 6.91. The van der Waals surface area contributed by atoms with Crippen LogP contribution in [0.3, 0.4) is 0 Å². The maximum Gasteiger partial charge on any atom is 0.273 e. The van der Waals surface area contributed by atoms with Crippen molar-refractivity contribution in [3.63, 3.8) is 0 Å². The number of hydrogen-bond acceptors (Lipinski definition) is 5. The number of halogens is 2. The van der Waals surface area contributed by atoms with Crippen molar-refractivity contribution in [1.29, 1.82) is 0 Å². The van der Waals surface area contributed by atoms with Crippen molar-refractivity contribution < 1.29 is 14.4 Å². The molecular weight excluding hydrogens is 559 g/mol. The topological polar surface area (TPSA) is 105 Å². The zero-order chi connectivity index (χ0) is 28.5. The number of para-hydroxylation sites is 1. The van der Waals surface area contributed by atoms with E-state index in [1.165, 1.54) is 11.0 Å². The fraction of sp³-hybridized carbons (Fsp3) is 0.125. The molecule has 1 saturated heterocycles. The molecular formula is C32H22Cl2N4O3. The number of carbonyl (C=O) groups excluding carboxylic acids is 3. The molecule has 1 heterocycles. The second kappa shape index (κ2) is 9.29. The molecule has 3 N–H and O–H groups in total. The van der Waals surface area contributed by atoms with Crippen LogP contribution in [0.15, 0.2) is 96.1 Å². The summed E-state index contributed by atoms with van der Waals surface area (Å²) in [5.74, 6) is -3.07. The number of anilines is 2. The van der Waals surface area contributed by atoms with E-state index >= 15 is 0 Å². The average Bonchev–Trinajstić information content (AvgIpc) is 3.24. The molecule has 2 bridgehead atoms. The Kier molecular flexibility index (Phi) is 5.78. The first-order valence-corrected chi connectivity index (χ1v) is 13.8. The van der Waals surface area contributed by atoms with Crippen molar-refractivity contribution in [2.45, 2.75) is 11.3 Å². The number of carbonyl (C=O) groups is 3. The third kappa shape index (κ3) is 3.52. The van der Waals surface area contributed by atoms with Crippen LogP contribution in [-0.2, 0) is 15.0 Å². The highest BCUT2D eigenvalue weighted by molar-refractivity contribution is 6.38. The van der Waals surface area contributed by atoms with Crippen molar-refractivity contribution in [2.24, 2.45) is 16.9 Å². The zero-order valence-electron chi connectivity index (χ0n) is 21.4. The van der Waals surface area contributed by atoms with Gasteiger partial charge in [0.2, 0.25) is 11.8 Å². The van der Waals surface area contributed by atoms with E-state index in [9.17, 15) is 14.4 Å². The van der Waals surface area contributed by atoms with E-state index in [2.05, 4.69) is 10.5 Å². The van der Waals surface area contributed by atoms with E-state index in [-0.39, 0.29) is 34.0 Å². The standard InChI is InChI=1S/C32H22Cl2N4O3/c33-17-13-14-25(23(34)15-17)38-30(40)27-26-18-7-1-4-10-21(18)32(28(27)31(38)41,22-11-5-2-8-19(22)26)16-36-37-29(39)20-9-3-6-12-24(20)35/h1-16,26-28H,35H2,(H,37,39)/b36-16-/t26?,27-,28+,32?/m1/s1. The summed E-state index contributed by atoms with van der Waals surface area (Å²) in [7, 11) is 0. The molecule has 0 unspecified atom stereocenters. The number of amides is 3. The zero-order valence-corrected chi connectivity index (χ0v) is 22.9. The van der Waals surface area contributed by atoms with Crippen LogP contribution in [0.5, 0.6) is 0 Å². The summed E-state index contributed by atoms with van der Waals surface area (Å²) in [5, 5.41) is 5.02. The van der Waals surface area contributed by atoms with Crippen LogP contribution in [0.4, 0.5) is 11.4 Å². The Balaban J connectivity index is 1.41. The lowest BCUT2D eigenvalue weighted by Crippen LogP contribution is -2.54. The van der Waals surface area contributed by atoms with Crippen LogP contribution in [0, 0.1) is 11.8 Å². The molecule has 0 aromatic heterocycles. The number of nitrogens with zero attached hydrogens (tertiary/aromatic N) is 2. The molecule has 4 aromatic rings. The fourth-order valence-corrected chi connectivity index (χ4v) is 7.40. The first kappa shape index (κ1) is 25.5. The van der Waals surface area contributed by atoms with Crippen molar-refractivity contribution in [3.05, 3.63) is 129 Å². The van der Waals surface area contributed by atoms with Crippen LogP contribution >= 0.6 is 23.2 Å². The molecule has 7 nitrogen and oxygen atoms in total. The highest BCUT2D eigenvalue weighted by atomic mass is 35.5. The number of nitrogen functional groups attached to an aromatic ring is 1. The van der Waals surface area contributed by atoms with Gasteiger partial charge in [0.15, 0.2) is 0 Å². The SMILES string of the molecule is Nc1ccccc1C(=O)N/N=C\C12c3ccccc3C(c3ccccc31)[C@H]1C(=O)N(c3ccc(Cl)cc3Cl)C(=O)[C@H]12. The van der Waals surface area contributed by atoms with Crippen molar-refractivity contribution >= 4 is 58.5 Å². The van der Waals surface area contributed by atoms with Gasteiger partial charge in [-0.25, -0.2) is 10.3 Å². The predicted octanol–water partition coefficient (Wildman–Crippen LogP) is 5.54. The van der Waals surface area contributed by atoms with Crippen LogP contribution in [0.2, 0.25) is 10.0 Å². The van der Waals surface area contributed by atoms with Crippen molar-refractivity contribution in [1.82, 2.24) is 5.43 Å². The van der Waals surface area contributed by atoms with E-state index < -0.39 is 23.2 Å². The smallest absolute Gasteiger partial charge is 0.273 e. The molecule has 3 amide bonds. The predicted molar refractivity (Wildman–Crippen MR) is 158 cm³/mol. The second-order valence-electron chi connectivity index (χ2n) is 10.4. The first-order chi connectivity index (χ1) is 19.8. The summed E-state index contributed by atoms with van der Waals surface area (Å²) in [5.41, 5.74) is 12.0. The van der Waals surface area contributed by atoms with Gasteiger partial charge in [0.1, 0.15) is 0 Å². The molecule has 9 heteroatoms. The maximum absolute atomic E-state index is 14.4. The molecule has 3 aliphatic carbocycles. The molecule has 41 heavy (non-hydrogen) atoms. The monoisotopic (exact) mass is 580 g/mol. The van der Waals surface area contributed by atoms with Crippen LogP contribution < -0.4 is 16.1 Å². The quantitative estimate of drug-likeness (QED) is 0.143. The van der Waals surface area contributed by atoms with Crippen molar-refractivity contribution in [2.75, 3.05) is 10.6 Å². The Morgan fingerprint density at radius 2 is 1.51 bits per heavy atom. The summed E-state index contributed by atoms with van der Waals surface area (Å²) < 4.78 is 0. The Bertz CT molecular complexity index is 1770. The molecule has 4 aromatic carbocycles. The minimum Gasteiger partial charge on any atom is -0.398 e. The Morgan fingerprint density at radius 1 is 0.878 bits per heavy atom. The summed E-state index contributed by atoms with van der Waals surface area (Å²) >= 11 is 12.6. The third-order valence-electron chi connectivity index (χ3n) is 8.47. The largest absolute Gasteiger partial charge is 0.398 e. The van der Waals surface area contributed by atoms with Gasteiger partial charge in [-0.3, -0.25) is 14.4 Å². The van der Waals surface area contributed by atoms with E-state index in [4.69, 9.17) is 28.9 Å². The molecule has 202 valence electrons. The lowest BCUT2D eigenvalue weighted by molar-refractivity contribution is -0.122. The van der Waals surface area contributed by atoms with Crippen molar-refractivity contribution in [3.8, 4) is 0 Å². The number of nitrogens with two attached hydrogens (primary N) is 1. The molecule has 4 aliphatic rings. The minimum atomic E-state index is -1.14. The first-order valence-electron chi connectivity index (χ1n) is 13.1. The van der Waals surface area contributed by atoms with Gasteiger partial charge < -0.3 is 5.73 Å². The van der Waals surface area contributed by atoms with Crippen LogP contribution in [0.1, 0.15) is 38.5 Å². The van der Waals surface area contributed by atoms with Gasteiger partial charge in [-0.2, -0.15) is 5.10 Å². The van der Waals surface area contributed by atoms with Crippen LogP contribution in [-0.4, -0.2) is 23.9 Å². The number of hydrogen-bond donors (Lipinski definition) is 2. The van der Waals surface area contributed by atoms with Gasteiger partial charge in [-0.15, -0.1) is 0 Å². The Labute approximate surface area is 245 Å². The summed E-state index contributed by atoms with van der Waals surface area (Å²) in [6, 6.07) is 27.0. The Morgan fingerprint density at radius 3 is 2.17 bits per heavy atom. The molecule has 0 saturated carbocycles. The van der Waals surface area contributed by atoms with E-state index in [0.717, 1.165) is 22.3 Å². The number of benzene rings is 4. The Hall–Kier alpha value is -4.46. The van der Waals surface area contributed by atoms with Gasteiger partial charge in [-0.1, -0.05) is 83.9 Å². The molecule has 2 atom stereocenters. The number of imide groups is 1. The third-order valence-corrected chi connectivity index (χ3v) is 9.01. The van der Waals surface area contributed by atoms with Crippen LogP contribution in [0.25, 0.3) is 0 Å². The molecule has 1 aliphatic heterocycles. The van der Waals surface area contributed by atoms with Gasteiger partial charge >= 0.3 is 0 Å². The maximum atomic E-state index is 14.4. The molecule has 1 fully saturated rings. The number of hydrazone groups is 1. The molecule has 0 spiro atoms. The van der Waals surface area contributed by atoms with Gasteiger partial charge in [0, 0.05) is 22.8 Å². The van der Waals surface area contributed by atoms with Gasteiger partial charge in [-0.05, 0) is 52.6 Å². The second-order valence-corrected chi connectivity index (χ2v) is 11.3. The van der Waals surface area contributed by atoms with E-state index in [1.807, 2.05) is 48.5 Å². The molecule has 0 radical (unpaired) electrons. The number of rotatable bonds is 4. The van der Waals surface area contributed by atoms with Gasteiger partial charge in [0.25, 0.3) is 5.91 Å². The normalized spacial score (nSPS) is 23.9. The lowest BCUT2D eigenvalue weighted by atomic mass is 9.47. The van der Waals surface area contributed by atoms with E-state index in [1.54, 1.807) is 42.6 Å². The number of nitrogens with one attached hydrogen (secondary N) is 1. The summed E-state index contributed by atoms with van der Waals surface area (Å²) in [6.45, 7) is 0. The summed E-state index contributed by atoms with van der Waals surface area (Å²) in [4.78, 5) is 42.8. The highest BCUT2D eigenvalue weighted by Gasteiger charge is 2.68. The molecule has 8 rings (SSSR count). The minimum absolute atomic E-state index is 0.204.